The molecule has 1 rings (SSSR count). The van der Waals surface area contributed by atoms with Crippen LogP contribution in [0.15, 0.2) is 11.1 Å². The molecule has 0 aliphatic carbocycles. The minimum Gasteiger partial charge on any atom is -0.428 e. The van der Waals surface area contributed by atoms with E-state index in [1.165, 1.54) is 6.08 Å². The lowest BCUT2D eigenvalue weighted by Gasteiger charge is -2.05. The zero-order valence-electron chi connectivity index (χ0n) is 5.54. The van der Waals surface area contributed by atoms with Gasteiger partial charge in [-0.15, -0.1) is 6.42 Å². The Hall–Kier alpha value is -0.980. The van der Waals surface area contributed by atoms with Gasteiger partial charge in [0, 0.05) is 6.08 Å². The number of halogens is 1. The highest BCUT2D eigenvalue weighted by Crippen LogP contribution is 2.17. The molecule has 0 bridgehead atoms. The van der Waals surface area contributed by atoms with Crippen LogP contribution in [0, 0.1) is 12.3 Å². The second-order valence-corrected chi connectivity index (χ2v) is 2.21. The van der Waals surface area contributed by atoms with Gasteiger partial charge in [-0.25, -0.2) is 4.79 Å². The topological polar surface area (TPSA) is 35.5 Å². The van der Waals surface area contributed by atoms with Gasteiger partial charge in [0.1, 0.15) is 11.6 Å². The van der Waals surface area contributed by atoms with Crippen molar-refractivity contribution in [1.82, 2.24) is 0 Å². The van der Waals surface area contributed by atoms with Crippen molar-refractivity contribution >= 4 is 17.6 Å². The van der Waals surface area contributed by atoms with Gasteiger partial charge in [0.05, 0.1) is 0 Å². The van der Waals surface area contributed by atoms with Gasteiger partial charge in [0.15, 0.2) is 0 Å². The number of esters is 1. The molecule has 0 radical (unpaired) electrons. The van der Waals surface area contributed by atoms with Crippen LogP contribution in [0.5, 0.6) is 0 Å². The second kappa shape index (κ2) is 3.42. The van der Waals surface area contributed by atoms with Gasteiger partial charge in [-0.1, -0.05) is 17.5 Å². The summed E-state index contributed by atoms with van der Waals surface area (Å²) in [4.78, 5) is 10.6. The normalized spacial score (nSPS) is 22.4. The van der Waals surface area contributed by atoms with E-state index in [0.717, 1.165) is 0 Å². The predicted octanol–water partition coefficient (Wildman–Crippen LogP) is 0.642. The summed E-state index contributed by atoms with van der Waals surface area (Å²) in [5.41, 5.74) is 0. The van der Waals surface area contributed by atoms with Crippen LogP contribution in [0.1, 0.15) is 0 Å². The molecule has 0 aromatic rings. The molecule has 58 valence electrons. The molecule has 3 nitrogen and oxygen atoms in total. The van der Waals surface area contributed by atoms with E-state index in [9.17, 15) is 4.79 Å². The summed E-state index contributed by atoms with van der Waals surface area (Å²) in [5.74, 6) is 1.66. The van der Waals surface area contributed by atoms with E-state index < -0.39 is 12.3 Å². The Morgan fingerprint density at radius 3 is 3.09 bits per heavy atom. The van der Waals surface area contributed by atoms with E-state index in [1.807, 2.05) is 0 Å². The fourth-order valence-corrected chi connectivity index (χ4v) is 0.743. The number of carbonyl (C=O) groups is 1. The molecule has 4 heteroatoms. The lowest BCUT2D eigenvalue weighted by atomic mass is 10.5. The monoisotopic (exact) mass is 172 g/mol. The molecule has 0 aromatic heterocycles. The van der Waals surface area contributed by atoms with Crippen LogP contribution in [-0.2, 0) is 14.3 Å². The molecule has 0 aromatic carbocycles. The SMILES string of the molecule is C#CCOC1C=C(Cl)C(=O)O1. The Balaban J connectivity index is 2.42. The first kappa shape index (κ1) is 8.12. The van der Waals surface area contributed by atoms with Crippen LogP contribution in [-0.4, -0.2) is 18.9 Å². The summed E-state index contributed by atoms with van der Waals surface area (Å²) in [6, 6.07) is 0. The van der Waals surface area contributed by atoms with Crippen LogP contribution < -0.4 is 0 Å². The summed E-state index contributed by atoms with van der Waals surface area (Å²) in [6.45, 7) is 0.0958. The van der Waals surface area contributed by atoms with Crippen molar-refractivity contribution in [3.63, 3.8) is 0 Å². The maximum atomic E-state index is 10.6. The first-order valence-electron chi connectivity index (χ1n) is 2.87. The van der Waals surface area contributed by atoms with Crippen molar-refractivity contribution < 1.29 is 14.3 Å². The highest BCUT2D eigenvalue weighted by atomic mass is 35.5. The Morgan fingerprint density at radius 1 is 1.91 bits per heavy atom. The highest BCUT2D eigenvalue weighted by molar-refractivity contribution is 6.41. The van der Waals surface area contributed by atoms with Crippen molar-refractivity contribution in [2.24, 2.45) is 0 Å². The van der Waals surface area contributed by atoms with Crippen LogP contribution in [0.25, 0.3) is 0 Å². The van der Waals surface area contributed by atoms with Gasteiger partial charge in [-0.05, 0) is 0 Å². The van der Waals surface area contributed by atoms with Gasteiger partial charge in [0.25, 0.3) is 0 Å². The second-order valence-electron chi connectivity index (χ2n) is 1.80. The summed E-state index contributed by atoms with van der Waals surface area (Å²) >= 11 is 5.39. The molecule has 1 aliphatic rings. The van der Waals surface area contributed by atoms with Crippen molar-refractivity contribution in [3.05, 3.63) is 11.1 Å². The highest BCUT2D eigenvalue weighted by Gasteiger charge is 2.23. The average molecular weight is 173 g/mol. The third kappa shape index (κ3) is 1.97. The number of terminal acetylenes is 1. The predicted molar refractivity (Wildman–Crippen MR) is 38.6 cm³/mol. The lowest BCUT2D eigenvalue weighted by molar-refractivity contribution is -0.156. The van der Waals surface area contributed by atoms with Gasteiger partial charge < -0.3 is 9.47 Å². The molecule has 1 atom stereocenters. The quantitative estimate of drug-likeness (QED) is 0.453. The summed E-state index contributed by atoms with van der Waals surface area (Å²) in [5, 5.41) is 0.0343. The van der Waals surface area contributed by atoms with E-state index in [-0.39, 0.29) is 11.6 Å². The maximum Gasteiger partial charge on any atom is 0.352 e. The first-order valence-corrected chi connectivity index (χ1v) is 3.25. The summed E-state index contributed by atoms with van der Waals surface area (Å²) < 4.78 is 9.45. The number of carbonyl (C=O) groups excluding carboxylic acids is 1. The van der Waals surface area contributed by atoms with Crippen LogP contribution >= 0.6 is 11.6 Å². The number of rotatable bonds is 2. The molecule has 0 spiro atoms. The minimum absolute atomic E-state index is 0.0343. The first-order chi connectivity index (χ1) is 5.24. The van der Waals surface area contributed by atoms with Crippen molar-refractivity contribution in [2.45, 2.75) is 6.29 Å². The van der Waals surface area contributed by atoms with E-state index in [2.05, 4.69) is 10.7 Å². The van der Waals surface area contributed by atoms with Gasteiger partial charge in [-0.2, -0.15) is 0 Å². The largest absolute Gasteiger partial charge is 0.428 e. The zero-order chi connectivity index (χ0) is 8.27. The summed E-state index contributed by atoms with van der Waals surface area (Å²) in [7, 11) is 0. The molecule has 0 amide bonds. The number of ether oxygens (including phenoxy) is 2. The third-order valence-corrected chi connectivity index (χ3v) is 1.31. The summed E-state index contributed by atoms with van der Waals surface area (Å²) in [6.07, 6.45) is 5.55. The number of hydrogen-bond acceptors (Lipinski definition) is 3. The van der Waals surface area contributed by atoms with Gasteiger partial charge in [-0.3, -0.25) is 0 Å². The van der Waals surface area contributed by atoms with E-state index >= 15 is 0 Å². The molecule has 0 saturated heterocycles. The van der Waals surface area contributed by atoms with Crippen molar-refractivity contribution in [1.29, 1.82) is 0 Å². The van der Waals surface area contributed by atoms with Crippen LogP contribution in [0.2, 0.25) is 0 Å². The molecular formula is C7H5ClO3. The Bertz CT molecular complexity index is 239. The average Bonchev–Trinajstić information content (AvgIpc) is 2.28. The fourth-order valence-electron chi connectivity index (χ4n) is 0.596. The molecule has 1 heterocycles. The Labute approximate surface area is 68.9 Å². The smallest absolute Gasteiger partial charge is 0.352 e. The maximum absolute atomic E-state index is 10.6. The van der Waals surface area contributed by atoms with Crippen molar-refractivity contribution in [2.75, 3.05) is 6.61 Å². The standard InChI is InChI=1S/C7H5ClO3/c1-2-3-10-6-4-5(8)7(9)11-6/h1,4,6H,3H2. The molecule has 1 unspecified atom stereocenters. The van der Waals surface area contributed by atoms with E-state index in [1.54, 1.807) is 0 Å². The van der Waals surface area contributed by atoms with Crippen LogP contribution in [0.4, 0.5) is 0 Å². The van der Waals surface area contributed by atoms with E-state index in [0.29, 0.717) is 0 Å². The van der Waals surface area contributed by atoms with E-state index in [4.69, 9.17) is 22.8 Å². The Morgan fingerprint density at radius 2 is 2.64 bits per heavy atom. The molecule has 0 fully saturated rings. The molecule has 0 saturated carbocycles. The lowest BCUT2D eigenvalue weighted by Crippen LogP contribution is -2.12. The number of cyclic esters (lactones) is 1. The minimum atomic E-state index is -0.717. The Kier molecular flexibility index (Phi) is 2.53. The molecule has 1 aliphatic heterocycles. The van der Waals surface area contributed by atoms with Crippen molar-refractivity contribution in [3.8, 4) is 12.3 Å². The molecule has 11 heavy (non-hydrogen) atoms. The molecule has 0 N–H and O–H groups in total. The van der Waals surface area contributed by atoms with Crippen LogP contribution in [0.3, 0.4) is 0 Å². The van der Waals surface area contributed by atoms with Gasteiger partial charge in [0.2, 0.25) is 6.29 Å². The third-order valence-electron chi connectivity index (χ3n) is 1.03. The van der Waals surface area contributed by atoms with Gasteiger partial charge >= 0.3 is 5.97 Å². The number of hydrogen-bond donors (Lipinski definition) is 0. The molecular weight excluding hydrogens is 168 g/mol. The zero-order valence-corrected chi connectivity index (χ0v) is 6.30. The fraction of sp³-hybridized carbons (Fsp3) is 0.286.